The summed E-state index contributed by atoms with van der Waals surface area (Å²) >= 11 is 1.50. The van der Waals surface area contributed by atoms with Gasteiger partial charge in [-0.3, -0.25) is 44.3 Å². The molecule has 3 N–H and O–H groups in total. The van der Waals surface area contributed by atoms with Crippen molar-refractivity contribution in [2.45, 2.75) is 161 Å². The van der Waals surface area contributed by atoms with Gasteiger partial charge in [0.1, 0.15) is 18.1 Å². The van der Waals surface area contributed by atoms with Gasteiger partial charge in [0.15, 0.2) is 0 Å². The first-order valence-electron chi connectivity index (χ1n) is 29.0. The van der Waals surface area contributed by atoms with Crippen LogP contribution in [0.5, 0.6) is 0 Å². The minimum absolute atomic E-state index is 0.0301. The predicted molar refractivity (Wildman–Crippen MR) is 297 cm³/mol. The van der Waals surface area contributed by atoms with Crippen LogP contribution in [0.2, 0.25) is 0 Å². The largest absolute Gasteiger partial charge is 0.464 e. The molecule has 0 unspecified atom stereocenters. The van der Waals surface area contributed by atoms with E-state index in [0.29, 0.717) is 37.8 Å². The summed E-state index contributed by atoms with van der Waals surface area (Å²) in [4.78, 5) is 77.5. The standard InChI is InChI=1S/C59H81N11O5S/c1-8-69-47-16-13-38-26-41(47)43(53(69)42-27-40(30-60-49(42)35(2)3)66-24-22-65(23-25-66)39-14-15-39)29-58(6,7)34-75-57(74)44-10-9-19-70(64-44)55(72)45(28-48-61-46(38)31-76-48)62-54(71)52(36(4)5)67-20-17-59(32-67)18-21-68(33-59)56(73)51-50(63-51)37-11-12-37/h13,16,26-27,30-31,35-37,39,44-45,50-52,63-64H,8-12,14-15,17-25,28-29,32-34H2,1-7H3,(H,62,71)/t44-,45-,50+,51+,52-,59-/m0/s1. The van der Waals surface area contributed by atoms with Gasteiger partial charge < -0.3 is 24.4 Å². The number of carbonyl (C=O) groups is 4. The number of aryl methyl sites for hydroxylation is 1. The summed E-state index contributed by atoms with van der Waals surface area (Å²) < 4.78 is 8.74. The predicted octanol–water partition coefficient (Wildman–Crippen LogP) is 6.60. The minimum atomic E-state index is -0.939. The molecule has 9 heterocycles. The van der Waals surface area contributed by atoms with Crippen LogP contribution >= 0.6 is 11.3 Å². The zero-order valence-corrected chi connectivity index (χ0v) is 46.9. The van der Waals surface area contributed by atoms with Gasteiger partial charge in [-0.05, 0) is 113 Å². The van der Waals surface area contributed by atoms with Crippen LogP contribution in [0.1, 0.15) is 122 Å². The van der Waals surface area contributed by atoms with Crippen molar-refractivity contribution in [3.63, 3.8) is 0 Å². The van der Waals surface area contributed by atoms with Gasteiger partial charge in [-0.15, -0.1) is 11.3 Å². The third-order valence-electron chi connectivity index (χ3n) is 18.3. The van der Waals surface area contributed by atoms with Crippen molar-refractivity contribution >= 4 is 51.6 Å². The highest BCUT2D eigenvalue weighted by Gasteiger charge is 2.55. The lowest BCUT2D eigenvalue weighted by Gasteiger charge is -2.37. The number of rotatable bonds is 11. The number of cyclic esters (lactones) is 1. The summed E-state index contributed by atoms with van der Waals surface area (Å²) in [6, 6.07) is 8.01. The SMILES string of the molecule is CCn1c(-c2cc(N3CCN(C4CC4)CC3)cnc2C(C)C)c2c3cc(ccc31)-c1csc(n1)C[C@H](NC(=O)[C@H](C(C)C)N1CC[C@]3(CCN(C(=O)[C@@H]4N[C@@H]4C4CC4)C3)C1)C(=O)N1CCC[C@H](N1)C(=O)OCC(C)(C)C2. The molecule has 3 amide bonds. The number of benzene rings is 1. The van der Waals surface area contributed by atoms with E-state index in [9.17, 15) is 19.2 Å². The molecular weight excluding hydrogens is 975 g/mol. The maximum atomic E-state index is 14.9. The molecule has 8 aliphatic rings. The Kier molecular flexibility index (Phi) is 13.9. The number of amides is 3. The van der Waals surface area contributed by atoms with E-state index in [0.717, 1.165) is 128 Å². The number of esters is 1. The van der Waals surface area contributed by atoms with E-state index in [1.165, 1.54) is 47.6 Å². The quantitative estimate of drug-likeness (QED) is 0.109. The molecule has 17 heteroatoms. The Morgan fingerprint density at radius 1 is 0.947 bits per heavy atom. The van der Waals surface area contributed by atoms with Gasteiger partial charge in [0, 0.05) is 116 Å². The number of nitrogens with zero attached hydrogens (tertiary/aromatic N) is 8. The zero-order chi connectivity index (χ0) is 52.8. The van der Waals surface area contributed by atoms with Crippen molar-refractivity contribution in [1.29, 1.82) is 0 Å². The van der Waals surface area contributed by atoms with Crippen LogP contribution in [0, 0.1) is 22.7 Å². The lowest BCUT2D eigenvalue weighted by atomic mass is 9.84. The fraction of sp³-hybridized carbons (Fsp3) is 0.661. The third-order valence-corrected chi connectivity index (χ3v) is 19.2. The molecule has 1 spiro atoms. The number of fused-ring (bicyclic) bond motifs is 6. The second kappa shape index (κ2) is 20.4. The van der Waals surface area contributed by atoms with Gasteiger partial charge in [0.25, 0.3) is 5.91 Å². The number of hydrogen-bond acceptors (Lipinski definition) is 13. The van der Waals surface area contributed by atoms with E-state index in [1.54, 1.807) is 0 Å². The van der Waals surface area contributed by atoms with Gasteiger partial charge in [-0.2, -0.15) is 0 Å². The monoisotopic (exact) mass is 1060 g/mol. The molecule has 6 atom stereocenters. The number of hydrazine groups is 1. The molecule has 3 aromatic heterocycles. The van der Waals surface area contributed by atoms with Gasteiger partial charge in [-0.1, -0.05) is 47.6 Å². The number of aromatic nitrogens is 3. The van der Waals surface area contributed by atoms with E-state index in [-0.39, 0.29) is 60.0 Å². The van der Waals surface area contributed by atoms with Crippen LogP contribution < -0.4 is 21.0 Å². The first-order chi connectivity index (χ1) is 36.6. The van der Waals surface area contributed by atoms with E-state index in [2.05, 4.69) is 125 Å². The van der Waals surface area contributed by atoms with E-state index in [4.69, 9.17) is 14.7 Å². The Morgan fingerprint density at radius 3 is 2.47 bits per heavy atom. The molecular formula is C59H81N11O5S. The second-order valence-corrected chi connectivity index (χ2v) is 26.4. The van der Waals surface area contributed by atoms with Crippen LogP contribution in [-0.2, 0) is 43.3 Å². The van der Waals surface area contributed by atoms with Gasteiger partial charge in [0.05, 0.1) is 46.6 Å². The van der Waals surface area contributed by atoms with Crippen molar-refractivity contribution in [3.05, 3.63) is 52.1 Å². The lowest BCUT2D eigenvalue weighted by Crippen LogP contribution is -2.62. The average molecular weight is 1060 g/mol. The van der Waals surface area contributed by atoms with Crippen LogP contribution in [-0.4, -0.2) is 160 Å². The van der Waals surface area contributed by atoms with Crippen LogP contribution in [0.25, 0.3) is 33.4 Å². The van der Waals surface area contributed by atoms with Crippen molar-refractivity contribution in [3.8, 4) is 22.5 Å². The first-order valence-corrected chi connectivity index (χ1v) is 29.9. The van der Waals surface area contributed by atoms with E-state index >= 15 is 0 Å². The minimum Gasteiger partial charge on any atom is -0.464 e. The van der Waals surface area contributed by atoms with Crippen LogP contribution in [0.4, 0.5) is 5.69 Å². The molecule has 2 aliphatic carbocycles. The van der Waals surface area contributed by atoms with Crippen LogP contribution in [0.15, 0.2) is 35.8 Å². The lowest BCUT2D eigenvalue weighted by molar-refractivity contribution is -0.155. The summed E-state index contributed by atoms with van der Waals surface area (Å²) in [5, 5.41) is 12.2. The molecule has 6 aliphatic heterocycles. The van der Waals surface area contributed by atoms with Crippen molar-refractivity contribution in [1.82, 2.24) is 50.3 Å². The third kappa shape index (κ3) is 10.2. The molecule has 6 bridgehead atoms. The van der Waals surface area contributed by atoms with Crippen molar-refractivity contribution < 1.29 is 23.9 Å². The molecule has 16 nitrogen and oxygen atoms in total. The van der Waals surface area contributed by atoms with Gasteiger partial charge in [-0.25, -0.2) is 10.4 Å². The smallest absolute Gasteiger partial charge is 0.324 e. The van der Waals surface area contributed by atoms with Crippen LogP contribution in [0.3, 0.4) is 0 Å². The van der Waals surface area contributed by atoms with Crippen molar-refractivity contribution in [2.24, 2.45) is 22.7 Å². The molecule has 408 valence electrons. The topological polar surface area (TPSA) is 170 Å². The summed E-state index contributed by atoms with van der Waals surface area (Å²) in [6.07, 6.45) is 11.0. The summed E-state index contributed by atoms with van der Waals surface area (Å²) in [6.45, 7) is 23.6. The van der Waals surface area contributed by atoms with Gasteiger partial charge in [0.2, 0.25) is 11.8 Å². The summed E-state index contributed by atoms with van der Waals surface area (Å²) in [7, 11) is 0. The summed E-state index contributed by atoms with van der Waals surface area (Å²) in [5.74, 6) is 0.174. The molecule has 12 rings (SSSR count). The Hall–Kier alpha value is -4.94. The Morgan fingerprint density at radius 2 is 1.74 bits per heavy atom. The second-order valence-electron chi connectivity index (χ2n) is 25.4. The number of anilines is 1. The molecule has 5 saturated heterocycles. The number of thiazole rings is 1. The Bertz CT molecular complexity index is 2880. The summed E-state index contributed by atoms with van der Waals surface area (Å²) in [5.41, 5.74) is 11.4. The fourth-order valence-corrected chi connectivity index (χ4v) is 14.7. The molecule has 4 aromatic rings. The molecule has 0 radical (unpaired) electrons. The number of piperazine rings is 1. The van der Waals surface area contributed by atoms with E-state index in [1.807, 2.05) is 0 Å². The average Bonchev–Trinajstić information content (AvgIpc) is 4.40. The molecule has 7 fully saturated rings. The Balaban J connectivity index is 0.854. The first kappa shape index (κ1) is 51.8. The molecule has 2 saturated carbocycles. The highest BCUT2D eigenvalue weighted by atomic mass is 32.1. The number of likely N-dealkylation sites (tertiary alicyclic amines) is 2. The molecule has 1 aromatic carbocycles. The maximum absolute atomic E-state index is 14.9. The number of ether oxygens (including phenoxy) is 1. The maximum Gasteiger partial charge on any atom is 0.324 e. The highest BCUT2D eigenvalue weighted by Crippen LogP contribution is 2.46. The number of pyridine rings is 1. The normalized spacial score (nSPS) is 27.9. The number of carbonyl (C=O) groups excluding carboxylic acids is 4. The number of hydrogen-bond donors (Lipinski definition) is 3. The molecule has 76 heavy (non-hydrogen) atoms. The fourth-order valence-electron chi connectivity index (χ4n) is 13.8. The Labute approximate surface area is 453 Å². The zero-order valence-electron chi connectivity index (χ0n) is 46.0. The van der Waals surface area contributed by atoms with E-state index < -0.39 is 23.5 Å². The van der Waals surface area contributed by atoms with Gasteiger partial charge >= 0.3 is 5.97 Å². The highest BCUT2D eigenvalue weighted by molar-refractivity contribution is 7.10. The van der Waals surface area contributed by atoms with Crippen molar-refractivity contribution in [2.75, 3.05) is 70.4 Å². The number of nitrogens with one attached hydrogen (secondary N) is 3.